The Balaban J connectivity index is 2.14. The molecule has 2 unspecified atom stereocenters. The van der Waals surface area contributed by atoms with Gasteiger partial charge in [0.15, 0.2) is 0 Å². The van der Waals surface area contributed by atoms with E-state index >= 15 is 0 Å². The van der Waals surface area contributed by atoms with Gasteiger partial charge in [0.1, 0.15) is 0 Å². The third-order valence-corrected chi connectivity index (χ3v) is 2.48. The van der Waals surface area contributed by atoms with Crippen molar-refractivity contribution in [3.63, 3.8) is 0 Å². The van der Waals surface area contributed by atoms with Crippen LogP contribution in [0.15, 0.2) is 0 Å². The topological polar surface area (TPSA) is 24.1 Å². The molecule has 0 saturated carbocycles. The van der Waals surface area contributed by atoms with Crippen molar-refractivity contribution in [3.05, 3.63) is 0 Å². The molecule has 1 aliphatic heterocycles. The lowest BCUT2D eigenvalue weighted by atomic mass is 9.92. The first kappa shape index (κ1) is 10.0. The predicted octanol–water partition coefficient (Wildman–Crippen LogP) is 1.23. The van der Waals surface area contributed by atoms with E-state index in [-0.39, 0.29) is 0 Å². The van der Waals surface area contributed by atoms with Crippen LogP contribution in [0.25, 0.3) is 0 Å². The molecule has 0 aromatic rings. The highest BCUT2D eigenvalue weighted by atomic mass is 14.9. The van der Waals surface area contributed by atoms with Crippen molar-refractivity contribution >= 4 is 0 Å². The molecule has 1 aliphatic rings. The Morgan fingerprint density at radius 2 is 2.17 bits per heavy atom. The van der Waals surface area contributed by atoms with Crippen molar-refractivity contribution < 1.29 is 0 Å². The number of hydrogen-bond acceptors (Lipinski definition) is 2. The molecule has 1 saturated heterocycles. The largest absolute Gasteiger partial charge is 0.316 e. The standard InChI is InChI=1S/C10H22N2/c1-8(2)12-7-10-4-9(3)5-11-6-10/h8-12H,4-7H2,1-3H3. The molecular formula is C10H22N2. The number of hydrogen-bond donors (Lipinski definition) is 2. The Kier molecular flexibility index (Phi) is 4.02. The van der Waals surface area contributed by atoms with Crippen molar-refractivity contribution in [2.45, 2.75) is 33.2 Å². The molecule has 1 heterocycles. The fourth-order valence-electron chi connectivity index (χ4n) is 1.83. The lowest BCUT2D eigenvalue weighted by molar-refractivity contribution is 0.288. The summed E-state index contributed by atoms with van der Waals surface area (Å²) in [7, 11) is 0. The van der Waals surface area contributed by atoms with Gasteiger partial charge in [-0.25, -0.2) is 0 Å². The highest BCUT2D eigenvalue weighted by Crippen LogP contribution is 2.14. The van der Waals surface area contributed by atoms with Crippen molar-refractivity contribution in [2.75, 3.05) is 19.6 Å². The third kappa shape index (κ3) is 3.55. The molecule has 2 heteroatoms. The second-order valence-corrected chi connectivity index (χ2v) is 4.43. The molecule has 2 nitrogen and oxygen atoms in total. The lowest BCUT2D eigenvalue weighted by Gasteiger charge is -2.28. The van der Waals surface area contributed by atoms with Crippen LogP contribution >= 0.6 is 0 Å². The van der Waals surface area contributed by atoms with Gasteiger partial charge < -0.3 is 10.6 Å². The first-order chi connectivity index (χ1) is 5.68. The van der Waals surface area contributed by atoms with Gasteiger partial charge in [0.05, 0.1) is 0 Å². The van der Waals surface area contributed by atoms with E-state index in [4.69, 9.17) is 0 Å². The van der Waals surface area contributed by atoms with Gasteiger partial charge in [-0.2, -0.15) is 0 Å². The van der Waals surface area contributed by atoms with E-state index in [0.717, 1.165) is 11.8 Å². The summed E-state index contributed by atoms with van der Waals surface area (Å²) in [4.78, 5) is 0. The van der Waals surface area contributed by atoms with Crippen molar-refractivity contribution in [3.8, 4) is 0 Å². The molecule has 1 fully saturated rings. The van der Waals surface area contributed by atoms with Crippen LogP contribution in [0.3, 0.4) is 0 Å². The van der Waals surface area contributed by atoms with Crippen LogP contribution in [0.1, 0.15) is 27.2 Å². The molecule has 0 aromatic heterocycles. The molecule has 0 aliphatic carbocycles. The summed E-state index contributed by atoms with van der Waals surface area (Å²) in [6.07, 6.45) is 1.38. The molecule has 0 bridgehead atoms. The maximum atomic E-state index is 3.50. The van der Waals surface area contributed by atoms with E-state index in [9.17, 15) is 0 Å². The molecular weight excluding hydrogens is 148 g/mol. The summed E-state index contributed by atoms with van der Waals surface area (Å²) in [5.74, 6) is 1.70. The Morgan fingerprint density at radius 3 is 2.75 bits per heavy atom. The zero-order chi connectivity index (χ0) is 8.97. The van der Waals surface area contributed by atoms with Crippen molar-refractivity contribution in [2.24, 2.45) is 11.8 Å². The van der Waals surface area contributed by atoms with Crippen molar-refractivity contribution in [1.29, 1.82) is 0 Å². The fourth-order valence-corrected chi connectivity index (χ4v) is 1.83. The lowest BCUT2D eigenvalue weighted by Crippen LogP contribution is -2.41. The average molecular weight is 170 g/mol. The normalized spacial score (nSPS) is 31.0. The van der Waals surface area contributed by atoms with E-state index in [1.54, 1.807) is 0 Å². The van der Waals surface area contributed by atoms with E-state index in [1.807, 2.05) is 0 Å². The minimum atomic E-state index is 0.627. The minimum absolute atomic E-state index is 0.627. The molecule has 0 amide bonds. The summed E-state index contributed by atoms with van der Waals surface area (Å²) in [5, 5.41) is 6.96. The molecule has 1 rings (SSSR count). The second-order valence-electron chi connectivity index (χ2n) is 4.43. The van der Waals surface area contributed by atoms with Gasteiger partial charge in [0.25, 0.3) is 0 Å². The van der Waals surface area contributed by atoms with Crippen molar-refractivity contribution in [1.82, 2.24) is 10.6 Å². The Bertz CT molecular complexity index is 123. The Hall–Kier alpha value is -0.0800. The highest BCUT2D eigenvalue weighted by molar-refractivity contribution is 4.75. The number of nitrogens with one attached hydrogen (secondary N) is 2. The van der Waals surface area contributed by atoms with Crippen LogP contribution in [-0.2, 0) is 0 Å². The van der Waals surface area contributed by atoms with Gasteiger partial charge in [-0.05, 0) is 37.9 Å². The molecule has 2 atom stereocenters. The second kappa shape index (κ2) is 4.83. The van der Waals surface area contributed by atoms with E-state index in [2.05, 4.69) is 31.4 Å². The van der Waals surface area contributed by atoms with Crippen LogP contribution in [0, 0.1) is 11.8 Å². The van der Waals surface area contributed by atoms with Gasteiger partial charge in [0, 0.05) is 6.04 Å². The van der Waals surface area contributed by atoms with Gasteiger partial charge in [-0.1, -0.05) is 20.8 Å². The van der Waals surface area contributed by atoms with Gasteiger partial charge in [-0.15, -0.1) is 0 Å². The summed E-state index contributed by atoms with van der Waals surface area (Å²) < 4.78 is 0. The van der Waals surface area contributed by atoms with E-state index in [1.165, 1.54) is 26.1 Å². The highest BCUT2D eigenvalue weighted by Gasteiger charge is 2.17. The smallest absolute Gasteiger partial charge is 0.00105 e. The maximum Gasteiger partial charge on any atom is 0.00105 e. The van der Waals surface area contributed by atoms with Gasteiger partial charge >= 0.3 is 0 Å². The average Bonchev–Trinajstić information content (AvgIpc) is 2.01. The minimum Gasteiger partial charge on any atom is -0.316 e. The quantitative estimate of drug-likeness (QED) is 0.665. The zero-order valence-corrected chi connectivity index (χ0v) is 8.56. The molecule has 0 spiro atoms. The fraction of sp³-hybridized carbons (Fsp3) is 1.00. The van der Waals surface area contributed by atoms with Crippen LogP contribution in [-0.4, -0.2) is 25.7 Å². The number of piperidine rings is 1. The molecule has 12 heavy (non-hydrogen) atoms. The first-order valence-corrected chi connectivity index (χ1v) is 5.12. The summed E-state index contributed by atoms with van der Waals surface area (Å²) in [5.41, 5.74) is 0. The first-order valence-electron chi connectivity index (χ1n) is 5.12. The Morgan fingerprint density at radius 1 is 1.42 bits per heavy atom. The SMILES string of the molecule is CC1CNCC(CNC(C)C)C1. The summed E-state index contributed by atoms with van der Waals surface area (Å²) >= 11 is 0. The molecule has 0 radical (unpaired) electrons. The zero-order valence-electron chi connectivity index (χ0n) is 8.56. The van der Waals surface area contributed by atoms with Crippen LogP contribution in [0.2, 0.25) is 0 Å². The van der Waals surface area contributed by atoms with E-state index in [0.29, 0.717) is 6.04 Å². The van der Waals surface area contributed by atoms with Crippen LogP contribution in [0.5, 0.6) is 0 Å². The van der Waals surface area contributed by atoms with Gasteiger partial charge in [-0.3, -0.25) is 0 Å². The predicted molar refractivity (Wildman–Crippen MR) is 53.3 cm³/mol. The van der Waals surface area contributed by atoms with Crippen LogP contribution < -0.4 is 10.6 Å². The molecule has 2 N–H and O–H groups in total. The maximum absolute atomic E-state index is 3.50. The van der Waals surface area contributed by atoms with E-state index < -0.39 is 0 Å². The Labute approximate surface area is 76.1 Å². The molecule has 72 valence electrons. The van der Waals surface area contributed by atoms with Crippen LogP contribution in [0.4, 0.5) is 0 Å². The summed E-state index contributed by atoms with van der Waals surface area (Å²) in [6.45, 7) is 10.3. The summed E-state index contributed by atoms with van der Waals surface area (Å²) in [6, 6.07) is 0.627. The molecule has 0 aromatic carbocycles. The van der Waals surface area contributed by atoms with Gasteiger partial charge in [0.2, 0.25) is 0 Å². The number of rotatable bonds is 3. The monoisotopic (exact) mass is 170 g/mol. The third-order valence-electron chi connectivity index (χ3n) is 2.48.